The van der Waals surface area contributed by atoms with E-state index >= 15 is 4.39 Å². The van der Waals surface area contributed by atoms with Crippen LogP contribution in [0.2, 0.25) is 0 Å². The number of hydrogen-bond donors (Lipinski definition) is 5. The van der Waals surface area contributed by atoms with E-state index in [0.717, 1.165) is 0 Å². The van der Waals surface area contributed by atoms with Crippen molar-refractivity contribution in [3.05, 3.63) is 23.8 Å². The fourth-order valence-corrected chi connectivity index (χ4v) is 7.72. The molecule has 0 spiro atoms. The molecule has 13 nitrogen and oxygen atoms in total. The molecule has 0 amide bonds. The summed E-state index contributed by atoms with van der Waals surface area (Å²) in [5.41, 5.74) is -0.149. The normalized spacial score (nSPS) is 37.8. The molecule has 3 saturated carbocycles. The number of alkyl halides is 1. The minimum absolute atomic E-state index is 0.00467. The first-order chi connectivity index (χ1) is 19.6. The molecule has 0 bridgehead atoms. The molecule has 14 heteroatoms. The van der Waals surface area contributed by atoms with E-state index < -0.39 is 82.4 Å². The summed E-state index contributed by atoms with van der Waals surface area (Å²) in [7, 11) is 0. The molecule has 3 fully saturated rings. The number of aliphatic hydroxyl groups excluding tert-OH is 1. The van der Waals surface area contributed by atoms with Crippen molar-refractivity contribution in [3.8, 4) is 0 Å². The first-order valence-corrected chi connectivity index (χ1v) is 14.1. The molecule has 0 radical (unpaired) electrons. The van der Waals surface area contributed by atoms with Gasteiger partial charge in [-0.1, -0.05) is 18.6 Å². The lowest BCUT2D eigenvalue weighted by Crippen LogP contribution is -2.69. The van der Waals surface area contributed by atoms with Crippen LogP contribution in [-0.4, -0.2) is 92.8 Å². The van der Waals surface area contributed by atoms with Gasteiger partial charge in [0.2, 0.25) is 5.78 Å². The number of ether oxygens (including phenoxy) is 2. The van der Waals surface area contributed by atoms with Gasteiger partial charge in [-0.2, -0.15) is 0 Å². The maximum Gasteiger partial charge on any atom is 0.326 e. The van der Waals surface area contributed by atoms with Crippen LogP contribution in [0.5, 0.6) is 0 Å². The molecule has 0 aromatic carbocycles. The van der Waals surface area contributed by atoms with Crippen molar-refractivity contribution in [2.75, 3.05) is 19.8 Å². The molecule has 234 valence electrons. The highest BCUT2D eigenvalue weighted by atomic mass is 19.1. The molecule has 42 heavy (non-hydrogen) atoms. The SMILES string of the molecule is C[C@]12C=CC(=O)C=C1CC[C@H]1C3CCC(O)(C(=O)COC(=O)C(N)COC(=O)CCCON(O)O)[C@@]3(C)C[C@H](O)C12F. The van der Waals surface area contributed by atoms with Crippen LogP contribution in [0.3, 0.4) is 0 Å². The van der Waals surface area contributed by atoms with Gasteiger partial charge in [-0.15, -0.1) is 0 Å². The third kappa shape index (κ3) is 5.34. The Hall–Kier alpha value is -2.59. The van der Waals surface area contributed by atoms with Gasteiger partial charge in [0.25, 0.3) is 0 Å². The molecule has 0 heterocycles. The smallest absolute Gasteiger partial charge is 0.326 e. The number of carbonyl (C=O) groups is 4. The Labute approximate surface area is 241 Å². The van der Waals surface area contributed by atoms with Gasteiger partial charge in [0.1, 0.15) is 18.2 Å². The predicted molar refractivity (Wildman–Crippen MR) is 139 cm³/mol. The van der Waals surface area contributed by atoms with Gasteiger partial charge in [-0.25, -0.2) is 4.39 Å². The number of rotatable bonds is 11. The number of halogens is 1. The van der Waals surface area contributed by atoms with E-state index in [4.69, 9.17) is 25.6 Å². The van der Waals surface area contributed by atoms with Crippen LogP contribution >= 0.6 is 0 Å². The topological polar surface area (TPSA) is 206 Å². The van der Waals surface area contributed by atoms with Gasteiger partial charge in [-0.05, 0) is 63.5 Å². The Morgan fingerprint density at radius 2 is 1.90 bits per heavy atom. The van der Waals surface area contributed by atoms with Crippen LogP contribution in [-0.2, 0) is 33.5 Å². The lowest BCUT2D eigenvalue weighted by Gasteiger charge is -2.62. The van der Waals surface area contributed by atoms with Gasteiger partial charge in [-0.3, -0.25) is 34.4 Å². The van der Waals surface area contributed by atoms with Crippen molar-refractivity contribution >= 4 is 23.5 Å². The van der Waals surface area contributed by atoms with Crippen molar-refractivity contribution in [2.45, 2.75) is 82.2 Å². The summed E-state index contributed by atoms with van der Waals surface area (Å²) in [6.07, 6.45) is 3.60. The molecular formula is C28H39FN2O11. The van der Waals surface area contributed by atoms with Crippen molar-refractivity contribution in [1.82, 2.24) is 5.39 Å². The van der Waals surface area contributed by atoms with E-state index in [9.17, 15) is 29.4 Å². The molecule has 4 aliphatic rings. The molecule has 4 rings (SSSR count). The average molecular weight is 599 g/mol. The number of hydrogen-bond acceptors (Lipinski definition) is 13. The van der Waals surface area contributed by atoms with Crippen molar-refractivity contribution in [1.29, 1.82) is 0 Å². The summed E-state index contributed by atoms with van der Waals surface area (Å²) < 4.78 is 27.1. The van der Waals surface area contributed by atoms with Crippen molar-refractivity contribution in [3.63, 3.8) is 0 Å². The van der Waals surface area contributed by atoms with E-state index in [0.29, 0.717) is 24.8 Å². The summed E-state index contributed by atoms with van der Waals surface area (Å²) in [5, 5.41) is 39.4. The van der Waals surface area contributed by atoms with Crippen LogP contribution in [0, 0.1) is 22.7 Å². The monoisotopic (exact) mass is 598 g/mol. The number of ketones is 2. The van der Waals surface area contributed by atoms with Crippen LogP contribution in [0.1, 0.15) is 58.8 Å². The molecule has 4 aliphatic carbocycles. The fourth-order valence-electron chi connectivity index (χ4n) is 7.72. The molecule has 6 N–H and O–H groups in total. The second-order valence-corrected chi connectivity index (χ2v) is 12.2. The molecule has 0 aromatic rings. The zero-order chi connectivity index (χ0) is 31.1. The second-order valence-electron chi connectivity index (χ2n) is 12.2. The van der Waals surface area contributed by atoms with E-state index in [1.807, 2.05) is 0 Å². The Bertz CT molecular complexity index is 1180. The van der Waals surface area contributed by atoms with Crippen LogP contribution < -0.4 is 5.73 Å². The summed E-state index contributed by atoms with van der Waals surface area (Å²) >= 11 is 0. The number of nitrogens with zero attached hydrogens (tertiary/aromatic N) is 1. The second kappa shape index (κ2) is 11.8. The number of esters is 2. The number of carbonyl (C=O) groups excluding carboxylic acids is 4. The van der Waals surface area contributed by atoms with Gasteiger partial charge in [0, 0.05) is 23.2 Å². The van der Waals surface area contributed by atoms with Crippen LogP contribution in [0.15, 0.2) is 23.8 Å². The number of fused-ring (bicyclic) bond motifs is 5. The summed E-state index contributed by atoms with van der Waals surface area (Å²) in [6, 6.07) is -1.41. The van der Waals surface area contributed by atoms with Crippen LogP contribution in [0.25, 0.3) is 0 Å². The zero-order valence-corrected chi connectivity index (χ0v) is 23.7. The number of nitrogens with two attached hydrogens (primary N) is 1. The third-order valence-corrected chi connectivity index (χ3v) is 10.1. The first kappa shape index (κ1) is 32.3. The molecule has 4 unspecified atom stereocenters. The number of allylic oxidation sites excluding steroid dienone is 4. The highest BCUT2D eigenvalue weighted by Crippen LogP contribution is 2.69. The van der Waals surface area contributed by atoms with Gasteiger partial charge < -0.3 is 25.4 Å². The molecule has 0 aliphatic heterocycles. The van der Waals surface area contributed by atoms with Gasteiger partial charge in [0.15, 0.2) is 18.1 Å². The van der Waals surface area contributed by atoms with Gasteiger partial charge in [0.05, 0.1) is 18.1 Å². The van der Waals surface area contributed by atoms with E-state index in [-0.39, 0.29) is 38.1 Å². The third-order valence-electron chi connectivity index (χ3n) is 10.1. The average Bonchev–Trinajstić information content (AvgIpc) is 3.20. The molecule has 8 atom stereocenters. The summed E-state index contributed by atoms with van der Waals surface area (Å²) in [6.45, 7) is 1.81. The lowest BCUT2D eigenvalue weighted by atomic mass is 9.44. The largest absolute Gasteiger partial charge is 0.463 e. The van der Waals surface area contributed by atoms with E-state index in [2.05, 4.69) is 4.84 Å². The maximum atomic E-state index is 17.1. The predicted octanol–water partition coefficient (Wildman–Crippen LogP) is 0.863. The Morgan fingerprint density at radius 1 is 1.19 bits per heavy atom. The quantitative estimate of drug-likeness (QED) is 0.127. The minimum atomic E-state index is -2.10. The van der Waals surface area contributed by atoms with Crippen molar-refractivity contribution < 1.29 is 58.5 Å². The lowest BCUT2D eigenvalue weighted by molar-refractivity contribution is -0.492. The summed E-state index contributed by atoms with van der Waals surface area (Å²) in [5.74, 6) is -3.92. The van der Waals surface area contributed by atoms with E-state index in [1.165, 1.54) is 18.2 Å². The zero-order valence-electron chi connectivity index (χ0n) is 23.7. The fraction of sp³-hybridized carbons (Fsp3) is 0.714. The Morgan fingerprint density at radius 3 is 2.60 bits per heavy atom. The van der Waals surface area contributed by atoms with Gasteiger partial charge >= 0.3 is 11.9 Å². The highest BCUT2D eigenvalue weighted by Gasteiger charge is 2.74. The highest BCUT2D eigenvalue weighted by molar-refractivity contribution is 6.01. The van der Waals surface area contributed by atoms with E-state index in [1.54, 1.807) is 13.8 Å². The standard InChI is InChI=1S/C28H39FN2O11/c1-25-9-7-17(32)12-16(25)5-6-19-18-8-10-27(37,26(18,2)13-21(33)28(19,25)29)22(34)15-41-24(36)20(30)14-40-23(35)4-3-11-42-31(38)39/h7,9,12,18-21,33,37-39H,3-6,8,10-11,13-15,30H2,1-2H3/t18?,19-,20?,21-,25-,26-,27?,28?/m0/s1. The minimum Gasteiger partial charge on any atom is -0.463 e. The Balaban J connectivity index is 1.37. The Kier molecular flexibility index (Phi) is 9.11. The number of aliphatic hydroxyl groups is 2. The van der Waals surface area contributed by atoms with Crippen molar-refractivity contribution in [2.24, 2.45) is 28.4 Å². The first-order valence-electron chi connectivity index (χ1n) is 14.1. The maximum absolute atomic E-state index is 17.1. The number of Topliss-reactive ketones (excluding diaryl/α,β-unsaturated/α-hetero) is 1. The van der Waals surface area contributed by atoms with Crippen LogP contribution in [0.4, 0.5) is 4.39 Å². The molecule has 0 saturated heterocycles. The summed E-state index contributed by atoms with van der Waals surface area (Å²) in [4.78, 5) is 53.8. The molecule has 0 aromatic heterocycles. The molecular weight excluding hydrogens is 559 g/mol.